The minimum Gasteiger partial charge on any atom is -0.354 e. The minimum atomic E-state index is -2.95. The van der Waals surface area contributed by atoms with Crippen molar-refractivity contribution < 1.29 is 8.42 Å². The van der Waals surface area contributed by atoms with Gasteiger partial charge in [-0.3, -0.25) is 9.36 Å². The Bertz CT molecular complexity index is 1120. The smallest absolute Gasteiger partial charge is 0.163 e. The lowest BCUT2D eigenvalue weighted by Gasteiger charge is -2.19. The average molecular weight is 389 g/mol. The van der Waals surface area contributed by atoms with E-state index in [0.717, 1.165) is 33.8 Å². The summed E-state index contributed by atoms with van der Waals surface area (Å²) in [4.78, 5) is 10.8. The maximum atomic E-state index is 11.8. The number of anilines is 1. The highest BCUT2D eigenvalue weighted by atomic mass is 32.2. The Labute approximate surface area is 157 Å². The van der Waals surface area contributed by atoms with Crippen molar-refractivity contribution in [1.82, 2.24) is 29.5 Å². The number of nitrogens with zero attached hydrogens (tertiary/aromatic N) is 7. The van der Waals surface area contributed by atoms with Crippen molar-refractivity contribution >= 4 is 26.7 Å². The molecule has 0 saturated carbocycles. The molecule has 4 rings (SSSR count). The second-order valence-electron chi connectivity index (χ2n) is 7.21. The zero-order valence-electron chi connectivity index (χ0n) is 15.9. The number of fused-ring (bicyclic) bond motifs is 1. The maximum absolute atomic E-state index is 11.8. The van der Waals surface area contributed by atoms with Gasteiger partial charge in [-0.15, -0.1) is 0 Å². The van der Waals surface area contributed by atoms with Gasteiger partial charge in [-0.25, -0.2) is 18.4 Å². The molecule has 4 heterocycles. The molecular formula is C17H23N7O2S. The number of hydrogen-bond acceptors (Lipinski definition) is 7. The Kier molecular flexibility index (Phi) is 4.17. The van der Waals surface area contributed by atoms with Crippen LogP contribution in [-0.4, -0.2) is 56.5 Å². The van der Waals surface area contributed by atoms with E-state index in [9.17, 15) is 8.42 Å². The van der Waals surface area contributed by atoms with Crippen LogP contribution in [0.4, 0.5) is 5.82 Å². The van der Waals surface area contributed by atoms with E-state index < -0.39 is 9.84 Å². The summed E-state index contributed by atoms with van der Waals surface area (Å²) in [5.41, 5.74) is 3.81. The highest BCUT2D eigenvalue weighted by Gasteiger charge is 2.31. The normalized spacial score (nSPS) is 19.0. The van der Waals surface area contributed by atoms with Crippen LogP contribution in [0, 0.1) is 13.8 Å². The summed E-state index contributed by atoms with van der Waals surface area (Å²) >= 11 is 0. The molecule has 0 N–H and O–H groups in total. The van der Waals surface area contributed by atoms with Gasteiger partial charge in [0.2, 0.25) is 0 Å². The molecule has 9 nitrogen and oxygen atoms in total. The van der Waals surface area contributed by atoms with Gasteiger partial charge in [-0.05, 0) is 20.3 Å². The summed E-state index contributed by atoms with van der Waals surface area (Å²) < 4.78 is 27.3. The van der Waals surface area contributed by atoms with Gasteiger partial charge in [0.1, 0.15) is 12.1 Å². The predicted octanol–water partition coefficient (Wildman–Crippen LogP) is 1.17. The molecule has 1 fully saturated rings. The molecule has 0 unspecified atom stereocenters. The van der Waals surface area contributed by atoms with Crippen molar-refractivity contribution in [3.05, 3.63) is 29.5 Å². The lowest BCUT2D eigenvalue weighted by atomic mass is 10.1. The van der Waals surface area contributed by atoms with Crippen LogP contribution in [-0.2, 0) is 23.4 Å². The molecule has 0 aromatic carbocycles. The highest BCUT2D eigenvalue weighted by Crippen LogP contribution is 2.28. The number of aromatic nitrogens is 6. The zero-order valence-corrected chi connectivity index (χ0v) is 16.7. The topological polar surface area (TPSA) is 98.8 Å². The van der Waals surface area contributed by atoms with Crippen molar-refractivity contribution in [2.24, 2.45) is 7.05 Å². The van der Waals surface area contributed by atoms with E-state index in [-0.39, 0.29) is 17.5 Å². The molecule has 3 aromatic rings. The van der Waals surface area contributed by atoms with Gasteiger partial charge < -0.3 is 4.90 Å². The number of rotatable bonds is 4. The summed E-state index contributed by atoms with van der Waals surface area (Å²) in [6, 6.07) is -0.0724. The van der Waals surface area contributed by atoms with Crippen LogP contribution in [0.2, 0.25) is 0 Å². The van der Waals surface area contributed by atoms with E-state index >= 15 is 0 Å². The van der Waals surface area contributed by atoms with E-state index in [2.05, 4.69) is 25.1 Å². The molecule has 0 radical (unpaired) electrons. The van der Waals surface area contributed by atoms with Crippen LogP contribution in [0.15, 0.2) is 12.5 Å². The molecule has 1 saturated heterocycles. The molecule has 0 bridgehead atoms. The maximum Gasteiger partial charge on any atom is 0.163 e. The zero-order chi connectivity index (χ0) is 19.3. The molecular weight excluding hydrogens is 366 g/mol. The fourth-order valence-corrected chi connectivity index (χ4v) is 5.51. The second kappa shape index (κ2) is 6.29. The molecule has 0 spiro atoms. The fraction of sp³-hybridized carbons (Fsp3) is 0.529. The first-order valence-electron chi connectivity index (χ1n) is 8.85. The van der Waals surface area contributed by atoms with Gasteiger partial charge in [0.15, 0.2) is 15.5 Å². The fourth-order valence-electron chi connectivity index (χ4n) is 3.82. The van der Waals surface area contributed by atoms with Gasteiger partial charge in [0.25, 0.3) is 0 Å². The molecule has 1 aliphatic heterocycles. The number of sulfone groups is 1. The van der Waals surface area contributed by atoms with Crippen molar-refractivity contribution in [2.75, 3.05) is 23.5 Å². The van der Waals surface area contributed by atoms with Crippen LogP contribution in [0.5, 0.6) is 0 Å². The van der Waals surface area contributed by atoms with Gasteiger partial charge in [-0.2, -0.15) is 10.2 Å². The van der Waals surface area contributed by atoms with Crippen molar-refractivity contribution in [1.29, 1.82) is 0 Å². The lowest BCUT2D eigenvalue weighted by molar-refractivity contribution is 0.485. The van der Waals surface area contributed by atoms with Gasteiger partial charge in [0.05, 0.1) is 34.8 Å². The number of aryl methyl sites for hydroxylation is 2. The Morgan fingerprint density at radius 2 is 2.07 bits per heavy atom. The summed E-state index contributed by atoms with van der Waals surface area (Å²) in [6.45, 7) is 4.60. The van der Waals surface area contributed by atoms with Crippen LogP contribution >= 0.6 is 0 Å². The summed E-state index contributed by atoms with van der Waals surface area (Å²) in [5.74, 6) is 1.22. The van der Waals surface area contributed by atoms with Crippen LogP contribution in [0.3, 0.4) is 0 Å². The van der Waals surface area contributed by atoms with Crippen molar-refractivity contribution in [2.45, 2.75) is 32.9 Å². The first kappa shape index (κ1) is 17.9. The lowest BCUT2D eigenvalue weighted by Crippen LogP contribution is -2.19. The van der Waals surface area contributed by atoms with E-state index in [4.69, 9.17) is 0 Å². The Balaban J connectivity index is 1.64. The van der Waals surface area contributed by atoms with Crippen molar-refractivity contribution in [3.8, 4) is 0 Å². The Morgan fingerprint density at radius 3 is 2.78 bits per heavy atom. The third-order valence-corrected chi connectivity index (χ3v) is 7.04. The summed E-state index contributed by atoms with van der Waals surface area (Å²) in [6.07, 6.45) is 3.94. The Morgan fingerprint density at radius 1 is 1.30 bits per heavy atom. The summed E-state index contributed by atoms with van der Waals surface area (Å²) in [5, 5.41) is 9.81. The largest absolute Gasteiger partial charge is 0.354 e. The third kappa shape index (κ3) is 3.07. The molecule has 1 atom stereocenters. The van der Waals surface area contributed by atoms with E-state index in [1.165, 1.54) is 0 Å². The SMILES string of the molecule is Cc1nn([C@H]2CCS(=O)(=O)C2)c(C)c1CN(C)c1ncnc2c1cnn2C. The number of hydrogen-bond donors (Lipinski definition) is 0. The highest BCUT2D eigenvalue weighted by molar-refractivity contribution is 7.91. The van der Waals surface area contributed by atoms with Crippen LogP contribution < -0.4 is 4.90 Å². The first-order valence-corrected chi connectivity index (χ1v) is 10.7. The molecule has 1 aliphatic rings. The van der Waals surface area contributed by atoms with E-state index in [1.54, 1.807) is 17.2 Å². The van der Waals surface area contributed by atoms with Crippen molar-refractivity contribution in [3.63, 3.8) is 0 Å². The van der Waals surface area contributed by atoms with E-state index in [0.29, 0.717) is 13.0 Å². The van der Waals surface area contributed by atoms with Crippen LogP contribution in [0.25, 0.3) is 11.0 Å². The van der Waals surface area contributed by atoms with Crippen LogP contribution in [0.1, 0.15) is 29.4 Å². The third-order valence-electron chi connectivity index (χ3n) is 5.29. The predicted molar refractivity (Wildman–Crippen MR) is 102 cm³/mol. The molecule has 144 valence electrons. The summed E-state index contributed by atoms with van der Waals surface area (Å²) in [7, 11) is 0.882. The average Bonchev–Trinajstić information content (AvgIpc) is 3.26. The quantitative estimate of drug-likeness (QED) is 0.660. The molecule has 0 aliphatic carbocycles. The Hall–Kier alpha value is -2.49. The second-order valence-corrected chi connectivity index (χ2v) is 9.44. The minimum absolute atomic E-state index is 0.0724. The van der Waals surface area contributed by atoms with E-state index in [1.807, 2.05) is 32.6 Å². The molecule has 27 heavy (non-hydrogen) atoms. The first-order chi connectivity index (χ1) is 12.8. The van der Waals surface area contributed by atoms with Gasteiger partial charge in [-0.1, -0.05) is 0 Å². The van der Waals surface area contributed by atoms with Gasteiger partial charge >= 0.3 is 0 Å². The molecule has 3 aromatic heterocycles. The van der Waals surface area contributed by atoms with Gasteiger partial charge in [0, 0.05) is 31.9 Å². The molecule has 10 heteroatoms. The standard InChI is InChI=1S/C17H23N7O2S/c1-11-15(12(2)24(21-11)13-5-6-27(25,26)9-13)8-22(3)16-14-7-20-23(4)17(14)19-10-18-16/h7,10,13H,5-6,8-9H2,1-4H3/t13-/m0/s1. The monoisotopic (exact) mass is 389 g/mol. The molecule has 0 amide bonds.